The minimum absolute atomic E-state index is 0.188. The number of nitrogens with zero attached hydrogens (tertiary/aromatic N) is 2. The van der Waals surface area contributed by atoms with Crippen LogP contribution < -0.4 is 5.73 Å². The van der Waals surface area contributed by atoms with Gasteiger partial charge >= 0.3 is 6.09 Å². The third kappa shape index (κ3) is 5.41. The number of carbonyl (C=O) groups is 1. The summed E-state index contributed by atoms with van der Waals surface area (Å²) in [5, 5.41) is 0. The van der Waals surface area contributed by atoms with Crippen LogP contribution in [-0.2, 0) is 9.47 Å². The van der Waals surface area contributed by atoms with E-state index >= 15 is 0 Å². The highest BCUT2D eigenvalue weighted by Crippen LogP contribution is 2.22. The average molecular weight is 313 g/mol. The Labute approximate surface area is 133 Å². The van der Waals surface area contributed by atoms with Crippen LogP contribution in [0.15, 0.2) is 0 Å². The molecule has 2 saturated heterocycles. The summed E-state index contributed by atoms with van der Waals surface area (Å²) in [7, 11) is 0. The van der Waals surface area contributed by atoms with Crippen LogP contribution in [-0.4, -0.2) is 66.5 Å². The number of rotatable bonds is 2. The van der Waals surface area contributed by atoms with Gasteiger partial charge in [-0.15, -0.1) is 0 Å². The maximum Gasteiger partial charge on any atom is 0.410 e. The van der Waals surface area contributed by atoms with Gasteiger partial charge in [-0.25, -0.2) is 4.79 Å². The number of morpholine rings is 1. The van der Waals surface area contributed by atoms with Gasteiger partial charge in [0, 0.05) is 32.7 Å². The van der Waals surface area contributed by atoms with Crippen LogP contribution in [0.25, 0.3) is 0 Å². The lowest BCUT2D eigenvalue weighted by molar-refractivity contribution is -0.0978. The first-order chi connectivity index (χ1) is 10.1. The van der Waals surface area contributed by atoms with Crippen molar-refractivity contribution in [1.82, 2.24) is 9.80 Å². The average Bonchev–Trinajstić information content (AvgIpc) is 2.36. The molecule has 0 aromatic rings. The molecule has 0 radical (unpaired) electrons. The fourth-order valence-electron chi connectivity index (χ4n) is 3.12. The fraction of sp³-hybridized carbons (Fsp3) is 0.938. The monoisotopic (exact) mass is 313 g/mol. The van der Waals surface area contributed by atoms with Gasteiger partial charge in [0.05, 0.1) is 6.61 Å². The summed E-state index contributed by atoms with van der Waals surface area (Å²) in [5.74, 6) is 0.618. The van der Waals surface area contributed by atoms with Crippen molar-refractivity contribution >= 4 is 6.09 Å². The molecule has 2 N–H and O–H groups in total. The molecule has 0 bridgehead atoms. The van der Waals surface area contributed by atoms with Crippen LogP contribution in [0.1, 0.15) is 40.5 Å². The van der Waals surface area contributed by atoms with Crippen LogP contribution in [0.5, 0.6) is 0 Å². The van der Waals surface area contributed by atoms with Crippen molar-refractivity contribution in [3.63, 3.8) is 0 Å². The minimum atomic E-state index is -0.532. The van der Waals surface area contributed by atoms with Gasteiger partial charge < -0.3 is 20.1 Å². The second kappa shape index (κ2) is 6.72. The van der Waals surface area contributed by atoms with E-state index in [0.717, 1.165) is 45.6 Å². The van der Waals surface area contributed by atoms with E-state index in [1.165, 1.54) is 0 Å². The summed E-state index contributed by atoms with van der Waals surface area (Å²) in [6.45, 7) is 12.7. The molecule has 2 aliphatic heterocycles. The van der Waals surface area contributed by atoms with Gasteiger partial charge in [0.1, 0.15) is 11.3 Å². The summed E-state index contributed by atoms with van der Waals surface area (Å²) in [6, 6.07) is 0. The van der Waals surface area contributed by atoms with E-state index in [0.29, 0.717) is 12.5 Å². The first-order valence-electron chi connectivity index (χ1n) is 8.28. The highest BCUT2D eigenvalue weighted by Gasteiger charge is 2.31. The Bertz CT molecular complexity index is 385. The maximum absolute atomic E-state index is 12.1. The summed E-state index contributed by atoms with van der Waals surface area (Å²) < 4.78 is 11.0. The zero-order valence-corrected chi connectivity index (χ0v) is 14.4. The quantitative estimate of drug-likeness (QED) is 0.839. The minimum Gasteiger partial charge on any atom is -0.444 e. The van der Waals surface area contributed by atoms with Gasteiger partial charge in [0.15, 0.2) is 0 Å². The van der Waals surface area contributed by atoms with Crippen molar-refractivity contribution in [2.24, 2.45) is 11.7 Å². The number of likely N-dealkylation sites (tertiary alicyclic amines) is 1. The number of hydrogen-bond acceptors (Lipinski definition) is 5. The molecule has 0 aliphatic carbocycles. The maximum atomic E-state index is 12.1. The van der Waals surface area contributed by atoms with Gasteiger partial charge in [-0.1, -0.05) is 0 Å². The van der Waals surface area contributed by atoms with Crippen LogP contribution in [0.3, 0.4) is 0 Å². The van der Waals surface area contributed by atoms with Gasteiger partial charge in [0.25, 0.3) is 0 Å². The molecule has 0 aromatic carbocycles. The Hall–Kier alpha value is -0.850. The molecule has 22 heavy (non-hydrogen) atoms. The van der Waals surface area contributed by atoms with Crippen LogP contribution in [0.4, 0.5) is 4.79 Å². The molecule has 2 heterocycles. The zero-order valence-electron chi connectivity index (χ0n) is 14.4. The summed E-state index contributed by atoms with van der Waals surface area (Å²) >= 11 is 0. The molecule has 6 heteroatoms. The van der Waals surface area contributed by atoms with E-state index in [9.17, 15) is 4.79 Å². The van der Waals surface area contributed by atoms with Crippen LogP contribution in [0, 0.1) is 5.92 Å². The van der Waals surface area contributed by atoms with Gasteiger partial charge in [-0.05, 0) is 46.5 Å². The molecule has 6 nitrogen and oxygen atoms in total. The second-order valence-electron chi connectivity index (χ2n) is 7.81. The molecule has 0 saturated carbocycles. The summed E-state index contributed by atoms with van der Waals surface area (Å²) in [4.78, 5) is 16.3. The van der Waals surface area contributed by atoms with Crippen LogP contribution >= 0.6 is 0 Å². The zero-order chi connectivity index (χ0) is 16.4. The lowest BCUT2D eigenvalue weighted by atomic mass is 9.96. The lowest BCUT2D eigenvalue weighted by Crippen LogP contribution is -2.56. The molecule has 2 aliphatic rings. The number of nitrogens with two attached hydrogens (primary N) is 1. The lowest BCUT2D eigenvalue weighted by Gasteiger charge is -2.41. The number of hydrogen-bond donors (Lipinski definition) is 1. The molecule has 1 amide bonds. The Balaban J connectivity index is 1.74. The number of carbonyl (C=O) groups excluding carboxylic acids is 1. The first kappa shape index (κ1) is 17.5. The van der Waals surface area contributed by atoms with E-state index in [4.69, 9.17) is 15.2 Å². The van der Waals surface area contributed by atoms with Gasteiger partial charge in [-0.2, -0.15) is 0 Å². The highest BCUT2D eigenvalue weighted by atomic mass is 16.6. The van der Waals surface area contributed by atoms with E-state index in [1.807, 2.05) is 32.6 Å². The van der Waals surface area contributed by atoms with Crippen LogP contribution in [0.2, 0.25) is 0 Å². The van der Waals surface area contributed by atoms with Crippen molar-refractivity contribution in [2.45, 2.75) is 51.9 Å². The van der Waals surface area contributed by atoms with E-state index in [1.54, 1.807) is 0 Å². The number of amides is 1. The van der Waals surface area contributed by atoms with Crippen molar-refractivity contribution in [1.29, 1.82) is 0 Å². The highest BCUT2D eigenvalue weighted by molar-refractivity contribution is 5.68. The van der Waals surface area contributed by atoms with Crippen molar-refractivity contribution in [3.8, 4) is 0 Å². The second-order valence-corrected chi connectivity index (χ2v) is 7.81. The fourth-order valence-corrected chi connectivity index (χ4v) is 3.12. The topological polar surface area (TPSA) is 68.0 Å². The molecule has 1 unspecified atom stereocenters. The molecular formula is C16H31N3O3. The van der Waals surface area contributed by atoms with E-state index in [2.05, 4.69) is 4.90 Å². The Kier molecular flexibility index (Phi) is 5.35. The van der Waals surface area contributed by atoms with Gasteiger partial charge in [-0.3, -0.25) is 4.90 Å². The Morgan fingerprint density at radius 1 is 1.32 bits per heavy atom. The molecule has 2 rings (SSSR count). The summed E-state index contributed by atoms with van der Waals surface area (Å²) in [5.41, 5.74) is 5.10. The Morgan fingerprint density at radius 2 is 1.95 bits per heavy atom. The molecule has 1 atom stereocenters. The molecule has 0 spiro atoms. The smallest absolute Gasteiger partial charge is 0.410 e. The number of piperidine rings is 1. The van der Waals surface area contributed by atoms with E-state index < -0.39 is 11.3 Å². The predicted octanol–water partition coefficient (Wildman–Crippen LogP) is 1.64. The third-order valence-corrected chi connectivity index (χ3v) is 4.16. The largest absolute Gasteiger partial charge is 0.444 e. The molecule has 128 valence electrons. The molecule has 2 fully saturated rings. The van der Waals surface area contributed by atoms with Crippen molar-refractivity contribution in [3.05, 3.63) is 0 Å². The number of ether oxygens (including phenoxy) is 2. The van der Waals surface area contributed by atoms with Gasteiger partial charge in [0.2, 0.25) is 0 Å². The summed E-state index contributed by atoms with van der Waals surface area (Å²) in [6.07, 6.45) is 1.86. The molecular weight excluding hydrogens is 282 g/mol. The Morgan fingerprint density at radius 3 is 2.50 bits per heavy atom. The molecule has 0 aromatic heterocycles. The standard InChI is InChI=1S/C16H31N3O3/c1-15(2,3)22-14(20)19-7-5-13(6-8-19)11-18-9-10-21-16(4,17)12-18/h13H,5-12,17H2,1-4H3. The predicted molar refractivity (Wildman–Crippen MR) is 85.5 cm³/mol. The van der Waals surface area contributed by atoms with Crippen molar-refractivity contribution in [2.75, 3.05) is 39.3 Å². The van der Waals surface area contributed by atoms with E-state index in [-0.39, 0.29) is 6.09 Å². The van der Waals surface area contributed by atoms with Crippen molar-refractivity contribution < 1.29 is 14.3 Å². The first-order valence-corrected chi connectivity index (χ1v) is 8.28. The normalized spacial score (nSPS) is 28.7. The third-order valence-electron chi connectivity index (χ3n) is 4.16. The SMILES string of the molecule is CC(C)(C)OC(=O)N1CCC(CN2CCOC(C)(N)C2)CC1.